The first kappa shape index (κ1) is 21.9. The number of carbonyl (C=O) groups excluding carboxylic acids is 2. The zero-order chi connectivity index (χ0) is 21.7. The van der Waals surface area contributed by atoms with Gasteiger partial charge < -0.3 is 9.84 Å². The zero-order valence-electron chi connectivity index (χ0n) is 18.1. The molecule has 1 fully saturated rings. The van der Waals surface area contributed by atoms with Crippen molar-refractivity contribution in [2.24, 2.45) is 0 Å². The third kappa shape index (κ3) is 6.64. The first-order chi connectivity index (χ1) is 14.2. The van der Waals surface area contributed by atoms with Crippen molar-refractivity contribution in [2.75, 3.05) is 32.7 Å². The molecule has 2 N–H and O–H groups in total. The van der Waals surface area contributed by atoms with Crippen LogP contribution in [0.5, 0.6) is 0 Å². The second-order valence-electron chi connectivity index (χ2n) is 8.68. The molecule has 3 rings (SSSR count). The van der Waals surface area contributed by atoms with Crippen LogP contribution in [0, 0.1) is 6.92 Å². The summed E-state index contributed by atoms with van der Waals surface area (Å²) in [5.74, 6) is 0.870. The molecular weight excluding hydrogens is 384 g/mol. The molecule has 0 spiro atoms. The summed E-state index contributed by atoms with van der Waals surface area (Å²) in [6.45, 7) is 11.4. The summed E-state index contributed by atoms with van der Waals surface area (Å²) in [6.07, 6.45) is 0. The molecule has 0 atom stereocenters. The Bertz CT molecular complexity index is 864. The van der Waals surface area contributed by atoms with Crippen LogP contribution in [-0.4, -0.2) is 70.1 Å². The van der Waals surface area contributed by atoms with Gasteiger partial charge in [-0.15, -0.1) is 0 Å². The molecule has 0 saturated carbocycles. The van der Waals surface area contributed by atoms with E-state index in [2.05, 4.69) is 25.7 Å². The third-order valence-electron chi connectivity index (χ3n) is 4.71. The van der Waals surface area contributed by atoms with Crippen molar-refractivity contribution in [3.05, 3.63) is 35.7 Å². The lowest BCUT2D eigenvalue weighted by molar-refractivity contribution is -0.121. The van der Waals surface area contributed by atoms with E-state index in [-0.39, 0.29) is 18.0 Å². The number of nitrogens with one attached hydrogen (secondary N) is 2. The minimum atomic E-state index is -0.466. The van der Waals surface area contributed by atoms with Crippen molar-refractivity contribution in [1.82, 2.24) is 30.6 Å². The van der Waals surface area contributed by atoms with Crippen LogP contribution < -0.4 is 10.6 Å². The van der Waals surface area contributed by atoms with Gasteiger partial charge in [-0.05, 0) is 27.7 Å². The van der Waals surface area contributed by atoms with Crippen LogP contribution in [0.3, 0.4) is 0 Å². The predicted molar refractivity (Wildman–Crippen MR) is 113 cm³/mol. The number of aryl methyl sites for hydroxylation is 1. The number of imide groups is 1. The van der Waals surface area contributed by atoms with E-state index in [0.717, 1.165) is 31.7 Å². The second-order valence-corrected chi connectivity index (χ2v) is 8.68. The number of benzene rings is 1. The molecule has 0 unspecified atom stereocenters. The number of urea groups is 1. The van der Waals surface area contributed by atoms with E-state index in [1.807, 2.05) is 56.9 Å². The van der Waals surface area contributed by atoms with E-state index >= 15 is 0 Å². The van der Waals surface area contributed by atoms with Gasteiger partial charge in [0, 0.05) is 37.3 Å². The first-order valence-electron chi connectivity index (χ1n) is 10.1. The molecule has 3 amide bonds. The van der Waals surface area contributed by atoms with E-state index in [4.69, 9.17) is 4.52 Å². The van der Waals surface area contributed by atoms with Crippen LogP contribution in [0.4, 0.5) is 4.79 Å². The molecule has 1 aliphatic rings. The number of hydrogen-bond donors (Lipinski definition) is 2. The summed E-state index contributed by atoms with van der Waals surface area (Å²) in [7, 11) is 0. The Labute approximate surface area is 176 Å². The van der Waals surface area contributed by atoms with E-state index in [0.29, 0.717) is 18.3 Å². The number of piperazine rings is 1. The Balaban J connectivity index is 1.42. The largest absolute Gasteiger partial charge is 0.338 e. The van der Waals surface area contributed by atoms with Gasteiger partial charge in [-0.3, -0.25) is 19.9 Å². The molecule has 30 heavy (non-hydrogen) atoms. The van der Waals surface area contributed by atoms with E-state index < -0.39 is 6.03 Å². The van der Waals surface area contributed by atoms with E-state index in [9.17, 15) is 9.59 Å². The summed E-state index contributed by atoms with van der Waals surface area (Å²) in [6, 6.07) is 7.54. The Hall–Kier alpha value is -2.78. The Morgan fingerprint density at radius 2 is 1.70 bits per heavy atom. The third-order valence-corrected chi connectivity index (χ3v) is 4.71. The molecule has 2 aromatic rings. The standard InChI is InChI=1S/C21H30N6O3/c1-15-5-7-16(8-6-15)19-23-18(30-25-19)14-27-11-9-26(10-12-27)13-17(28)22-20(29)24-21(2,3)4/h5-8H,9-14H2,1-4H3,(H2,22,24,28,29). The topological polar surface area (TPSA) is 104 Å². The number of carbonyl (C=O) groups is 2. The van der Waals surface area contributed by atoms with Gasteiger partial charge in [-0.25, -0.2) is 4.79 Å². The highest BCUT2D eigenvalue weighted by Gasteiger charge is 2.22. The van der Waals surface area contributed by atoms with E-state index in [1.165, 1.54) is 5.56 Å². The number of rotatable bonds is 5. The average molecular weight is 415 g/mol. The predicted octanol–water partition coefficient (Wildman–Crippen LogP) is 1.79. The van der Waals surface area contributed by atoms with Gasteiger partial charge in [0.15, 0.2) is 0 Å². The van der Waals surface area contributed by atoms with Gasteiger partial charge in [-0.1, -0.05) is 35.0 Å². The van der Waals surface area contributed by atoms with Crippen molar-refractivity contribution in [2.45, 2.75) is 39.8 Å². The maximum atomic E-state index is 12.1. The molecule has 0 radical (unpaired) electrons. The fourth-order valence-electron chi connectivity index (χ4n) is 3.18. The summed E-state index contributed by atoms with van der Waals surface area (Å²) < 4.78 is 5.40. The lowest BCUT2D eigenvalue weighted by atomic mass is 10.1. The number of amides is 3. The highest BCUT2D eigenvalue weighted by Crippen LogP contribution is 2.17. The van der Waals surface area contributed by atoms with Crippen molar-refractivity contribution in [3.63, 3.8) is 0 Å². The number of hydrogen-bond acceptors (Lipinski definition) is 7. The van der Waals surface area contributed by atoms with Crippen molar-refractivity contribution in [3.8, 4) is 11.4 Å². The molecular formula is C21H30N6O3. The van der Waals surface area contributed by atoms with Gasteiger partial charge in [-0.2, -0.15) is 4.98 Å². The molecule has 0 bridgehead atoms. The molecule has 1 aromatic heterocycles. The lowest BCUT2D eigenvalue weighted by Crippen LogP contribution is -2.52. The van der Waals surface area contributed by atoms with Crippen molar-refractivity contribution >= 4 is 11.9 Å². The molecule has 1 saturated heterocycles. The molecule has 9 nitrogen and oxygen atoms in total. The smallest absolute Gasteiger partial charge is 0.321 e. The summed E-state index contributed by atoms with van der Waals surface area (Å²) in [5, 5.41) is 9.17. The minimum Gasteiger partial charge on any atom is -0.338 e. The monoisotopic (exact) mass is 414 g/mol. The first-order valence-corrected chi connectivity index (χ1v) is 10.1. The highest BCUT2D eigenvalue weighted by molar-refractivity contribution is 5.95. The van der Waals surface area contributed by atoms with Crippen LogP contribution >= 0.6 is 0 Å². The molecule has 162 valence electrons. The maximum absolute atomic E-state index is 12.1. The van der Waals surface area contributed by atoms with Crippen molar-refractivity contribution < 1.29 is 14.1 Å². The summed E-state index contributed by atoms with van der Waals surface area (Å²) in [4.78, 5) is 32.6. The number of nitrogens with zero attached hydrogens (tertiary/aromatic N) is 4. The van der Waals surface area contributed by atoms with Crippen LogP contribution in [0.25, 0.3) is 11.4 Å². The summed E-state index contributed by atoms with van der Waals surface area (Å²) in [5.41, 5.74) is 1.73. The second kappa shape index (κ2) is 9.36. The van der Waals surface area contributed by atoms with Crippen LogP contribution in [0.15, 0.2) is 28.8 Å². The minimum absolute atomic E-state index is 0.198. The van der Waals surface area contributed by atoms with Gasteiger partial charge in [0.2, 0.25) is 17.6 Å². The molecule has 1 aromatic carbocycles. The van der Waals surface area contributed by atoms with E-state index in [1.54, 1.807) is 0 Å². The van der Waals surface area contributed by atoms with Crippen molar-refractivity contribution in [1.29, 1.82) is 0 Å². The molecule has 2 heterocycles. The van der Waals surface area contributed by atoms with Gasteiger partial charge in [0.1, 0.15) is 0 Å². The van der Waals surface area contributed by atoms with Crippen LogP contribution in [0.1, 0.15) is 32.2 Å². The fourth-order valence-corrected chi connectivity index (χ4v) is 3.18. The average Bonchev–Trinajstić information content (AvgIpc) is 3.10. The maximum Gasteiger partial charge on any atom is 0.321 e. The highest BCUT2D eigenvalue weighted by atomic mass is 16.5. The molecule has 9 heteroatoms. The SMILES string of the molecule is Cc1ccc(-c2noc(CN3CCN(CC(=O)NC(=O)NC(C)(C)C)CC3)n2)cc1. The molecule has 1 aliphatic heterocycles. The van der Waals surface area contributed by atoms with Gasteiger partial charge in [0.25, 0.3) is 0 Å². The Kier molecular flexibility index (Phi) is 6.84. The van der Waals surface area contributed by atoms with Crippen LogP contribution in [0.2, 0.25) is 0 Å². The Morgan fingerprint density at radius 3 is 2.33 bits per heavy atom. The Morgan fingerprint density at radius 1 is 1.07 bits per heavy atom. The fraction of sp³-hybridized carbons (Fsp3) is 0.524. The number of aromatic nitrogens is 2. The normalized spacial score (nSPS) is 15.7. The quantitative estimate of drug-likeness (QED) is 0.769. The van der Waals surface area contributed by atoms with Gasteiger partial charge in [0.05, 0.1) is 13.1 Å². The lowest BCUT2D eigenvalue weighted by Gasteiger charge is -2.33. The molecule has 0 aliphatic carbocycles. The van der Waals surface area contributed by atoms with Gasteiger partial charge >= 0.3 is 6.03 Å². The summed E-state index contributed by atoms with van der Waals surface area (Å²) >= 11 is 0. The zero-order valence-corrected chi connectivity index (χ0v) is 18.1. The van der Waals surface area contributed by atoms with Crippen LogP contribution in [-0.2, 0) is 11.3 Å².